The van der Waals surface area contributed by atoms with Gasteiger partial charge < -0.3 is 10.6 Å². The molecule has 0 aliphatic rings. The smallest absolute Gasteiger partial charge is 0.154 e. The molecule has 0 saturated heterocycles. The van der Waals surface area contributed by atoms with Crippen molar-refractivity contribution < 1.29 is 0 Å². The van der Waals surface area contributed by atoms with E-state index in [2.05, 4.69) is 5.18 Å². The minimum atomic E-state index is 0.344. The summed E-state index contributed by atoms with van der Waals surface area (Å²) in [5, 5.41) is 2.97. The number of hydrogen-bond acceptors (Lipinski definition) is 4. The third-order valence-corrected chi connectivity index (χ3v) is 2.24. The van der Waals surface area contributed by atoms with Crippen molar-refractivity contribution in [1.29, 1.82) is 0 Å². The summed E-state index contributed by atoms with van der Waals surface area (Å²) in [4.78, 5) is 12.7. The molecule has 0 heterocycles. The maximum absolute atomic E-state index is 10.6. The zero-order chi connectivity index (χ0) is 10.6. The zero-order valence-electron chi connectivity index (χ0n) is 8.53. The van der Waals surface area contributed by atoms with Crippen LogP contribution in [0.4, 0.5) is 17.1 Å². The molecule has 4 heteroatoms. The lowest BCUT2D eigenvalue weighted by molar-refractivity contribution is 0.866. The van der Waals surface area contributed by atoms with Crippen LogP contribution in [0.3, 0.4) is 0 Å². The van der Waals surface area contributed by atoms with Crippen LogP contribution in [0, 0.1) is 4.91 Å². The van der Waals surface area contributed by atoms with Gasteiger partial charge in [-0.3, -0.25) is 0 Å². The van der Waals surface area contributed by atoms with Gasteiger partial charge in [0.2, 0.25) is 0 Å². The summed E-state index contributed by atoms with van der Waals surface area (Å²) >= 11 is 0. The van der Waals surface area contributed by atoms with E-state index < -0.39 is 0 Å². The number of rotatable bonds is 4. The fraction of sp³-hybridized carbons (Fsp3) is 0.400. The van der Waals surface area contributed by atoms with Gasteiger partial charge in [-0.25, -0.2) is 0 Å². The normalized spacial score (nSPS) is 9.86. The Hall–Kier alpha value is -1.58. The zero-order valence-corrected chi connectivity index (χ0v) is 8.53. The van der Waals surface area contributed by atoms with Gasteiger partial charge >= 0.3 is 0 Å². The first-order valence-electron chi connectivity index (χ1n) is 4.71. The van der Waals surface area contributed by atoms with Gasteiger partial charge in [0, 0.05) is 13.1 Å². The number of nitrogens with zero attached hydrogens (tertiary/aromatic N) is 2. The molecular weight excluding hydrogens is 178 g/mol. The van der Waals surface area contributed by atoms with Gasteiger partial charge in [-0.05, 0) is 31.2 Å². The van der Waals surface area contributed by atoms with E-state index in [9.17, 15) is 4.91 Å². The first-order chi connectivity index (χ1) is 6.74. The molecule has 0 aliphatic carbocycles. The lowest BCUT2D eigenvalue weighted by atomic mass is 10.2. The highest BCUT2D eigenvalue weighted by Gasteiger charge is 2.10. The van der Waals surface area contributed by atoms with Crippen molar-refractivity contribution in [1.82, 2.24) is 0 Å². The van der Waals surface area contributed by atoms with Crippen molar-refractivity contribution in [3.63, 3.8) is 0 Å². The standard InChI is InChI=1S/C10H15N3O/c1-3-13(4-2)9-7-5-6-8(11)10(9)12-14/h5-7H,3-4,11H2,1-2H3. The highest BCUT2D eigenvalue weighted by molar-refractivity contribution is 5.78. The molecular formula is C10H15N3O. The molecule has 0 radical (unpaired) electrons. The molecule has 0 saturated carbocycles. The molecule has 14 heavy (non-hydrogen) atoms. The summed E-state index contributed by atoms with van der Waals surface area (Å²) in [6, 6.07) is 5.38. The van der Waals surface area contributed by atoms with Crippen LogP contribution in [0.1, 0.15) is 13.8 Å². The number of anilines is 2. The second-order valence-electron chi connectivity index (χ2n) is 2.98. The Morgan fingerprint density at radius 3 is 2.50 bits per heavy atom. The van der Waals surface area contributed by atoms with E-state index in [1.165, 1.54) is 0 Å². The summed E-state index contributed by atoms with van der Waals surface area (Å²) < 4.78 is 0. The molecule has 0 amide bonds. The predicted molar refractivity (Wildman–Crippen MR) is 59.9 cm³/mol. The molecule has 2 N–H and O–H groups in total. The van der Waals surface area contributed by atoms with E-state index in [1.54, 1.807) is 6.07 Å². The van der Waals surface area contributed by atoms with Crippen LogP contribution in [0.25, 0.3) is 0 Å². The minimum absolute atomic E-state index is 0.344. The summed E-state index contributed by atoms with van der Waals surface area (Å²) in [6.07, 6.45) is 0. The van der Waals surface area contributed by atoms with Crippen LogP contribution < -0.4 is 10.6 Å². The highest BCUT2D eigenvalue weighted by Crippen LogP contribution is 2.33. The molecule has 0 unspecified atom stereocenters. The van der Waals surface area contributed by atoms with Crippen LogP contribution >= 0.6 is 0 Å². The first-order valence-corrected chi connectivity index (χ1v) is 4.71. The molecule has 1 aromatic rings. The van der Waals surface area contributed by atoms with Crippen molar-refractivity contribution in [2.24, 2.45) is 5.18 Å². The molecule has 1 rings (SSSR count). The Bertz CT molecular complexity index is 321. The number of nitrogens with two attached hydrogens (primary N) is 1. The van der Waals surface area contributed by atoms with Crippen molar-refractivity contribution in [2.75, 3.05) is 23.7 Å². The molecule has 0 fully saturated rings. The van der Waals surface area contributed by atoms with Crippen LogP contribution in [0.2, 0.25) is 0 Å². The average molecular weight is 193 g/mol. The van der Waals surface area contributed by atoms with E-state index in [-0.39, 0.29) is 0 Å². The van der Waals surface area contributed by atoms with Crippen molar-refractivity contribution in [2.45, 2.75) is 13.8 Å². The summed E-state index contributed by atoms with van der Waals surface area (Å²) in [7, 11) is 0. The third kappa shape index (κ3) is 1.84. The summed E-state index contributed by atoms with van der Waals surface area (Å²) in [5.41, 5.74) is 7.25. The van der Waals surface area contributed by atoms with Crippen LogP contribution in [0.5, 0.6) is 0 Å². The maximum atomic E-state index is 10.6. The quantitative estimate of drug-likeness (QED) is 0.590. The fourth-order valence-corrected chi connectivity index (χ4v) is 1.47. The summed E-state index contributed by atoms with van der Waals surface area (Å²) in [6.45, 7) is 5.73. The van der Waals surface area contributed by atoms with Crippen molar-refractivity contribution >= 4 is 17.1 Å². The Morgan fingerprint density at radius 2 is 2.00 bits per heavy atom. The number of hydrogen-bond donors (Lipinski definition) is 1. The largest absolute Gasteiger partial charge is 0.397 e. The van der Waals surface area contributed by atoms with Gasteiger partial charge in [-0.15, -0.1) is 4.91 Å². The Balaban J connectivity index is 3.18. The summed E-state index contributed by atoms with van der Waals surface area (Å²) in [5.74, 6) is 0. The van der Waals surface area contributed by atoms with E-state index in [1.807, 2.05) is 30.9 Å². The lowest BCUT2D eigenvalue weighted by Crippen LogP contribution is -2.21. The highest BCUT2D eigenvalue weighted by atomic mass is 16.3. The van der Waals surface area contributed by atoms with Crippen LogP contribution in [-0.2, 0) is 0 Å². The van der Waals surface area contributed by atoms with Crippen LogP contribution in [-0.4, -0.2) is 13.1 Å². The van der Waals surface area contributed by atoms with Gasteiger partial charge in [0.05, 0.1) is 11.4 Å². The van der Waals surface area contributed by atoms with Crippen molar-refractivity contribution in [3.05, 3.63) is 23.1 Å². The molecule has 1 aromatic carbocycles. The predicted octanol–water partition coefficient (Wildman–Crippen LogP) is 2.51. The van der Waals surface area contributed by atoms with Crippen LogP contribution in [0.15, 0.2) is 23.4 Å². The minimum Gasteiger partial charge on any atom is -0.397 e. The SMILES string of the molecule is CCN(CC)c1cccc(N)c1N=O. The topological polar surface area (TPSA) is 58.7 Å². The second kappa shape index (κ2) is 4.60. The Morgan fingerprint density at radius 1 is 1.36 bits per heavy atom. The van der Waals surface area contributed by atoms with E-state index in [0.29, 0.717) is 11.4 Å². The number of benzene rings is 1. The maximum Gasteiger partial charge on any atom is 0.154 e. The molecule has 4 nitrogen and oxygen atoms in total. The van der Waals surface area contributed by atoms with Gasteiger partial charge in [0.15, 0.2) is 5.69 Å². The third-order valence-electron chi connectivity index (χ3n) is 2.24. The molecule has 0 aliphatic heterocycles. The molecule has 0 atom stereocenters. The Labute approximate surface area is 83.7 Å². The molecule has 0 spiro atoms. The van der Waals surface area contributed by atoms with E-state index >= 15 is 0 Å². The van der Waals surface area contributed by atoms with Gasteiger partial charge in [0.25, 0.3) is 0 Å². The van der Waals surface area contributed by atoms with Gasteiger partial charge in [-0.1, -0.05) is 6.07 Å². The molecule has 0 bridgehead atoms. The van der Waals surface area contributed by atoms with E-state index in [0.717, 1.165) is 18.8 Å². The molecule has 0 aromatic heterocycles. The van der Waals surface area contributed by atoms with Crippen molar-refractivity contribution in [3.8, 4) is 0 Å². The number of nitroso groups, excluding NO2 is 1. The lowest BCUT2D eigenvalue weighted by Gasteiger charge is -2.22. The monoisotopic (exact) mass is 193 g/mol. The van der Waals surface area contributed by atoms with Gasteiger partial charge in [0.1, 0.15) is 0 Å². The molecule has 76 valence electrons. The Kier molecular flexibility index (Phi) is 3.45. The average Bonchev–Trinajstić information content (AvgIpc) is 2.20. The second-order valence-corrected chi connectivity index (χ2v) is 2.98. The first kappa shape index (κ1) is 10.5. The number of nitrogen functional groups attached to an aromatic ring is 1. The van der Waals surface area contributed by atoms with Gasteiger partial charge in [-0.2, -0.15) is 0 Å². The fourth-order valence-electron chi connectivity index (χ4n) is 1.47. The van der Waals surface area contributed by atoms with E-state index in [4.69, 9.17) is 5.73 Å².